The van der Waals surface area contributed by atoms with Gasteiger partial charge < -0.3 is 14.2 Å². The fourth-order valence-corrected chi connectivity index (χ4v) is 3.30. The lowest BCUT2D eigenvalue weighted by Crippen LogP contribution is -2.31. The Labute approximate surface area is 179 Å². The van der Waals surface area contributed by atoms with Crippen molar-refractivity contribution in [2.45, 2.75) is 13.8 Å². The normalized spacial score (nSPS) is 11.0. The summed E-state index contributed by atoms with van der Waals surface area (Å²) in [6.45, 7) is 4.22. The van der Waals surface area contributed by atoms with E-state index in [1.807, 2.05) is 31.2 Å². The highest BCUT2D eigenvalue weighted by Crippen LogP contribution is 2.28. The lowest BCUT2D eigenvalue weighted by Gasteiger charge is -2.18. The molecule has 0 aliphatic carbocycles. The zero-order valence-corrected chi connectivity index (χ0v) is 17.6. The van der Waals surface area contributed by atoms with Gasteiger partial charge in [-0.15, -0.1) is 0 Å². The average Bonchev–Trinajstić information content (AvgIpc) is 3.15. The minimum atomic E-state index is -0.435. The molecule has 0 saturated carbocycles. The van der Waals surface area contributed by atoms with E-state index < -0.39 is 5.82 Å². The highest BCUT2D eigenvalue weighted by atomic mass is 19.1. The van der Waals surface area contributed by atoms with Crippen LogP contribution in [0.25, 0.3) is 22.4 Å². The van der Waals surface area contributed by atoms with E-state index in [4.69, 9.17) is 9.26 Å². The van der Waals surface area contributed by atoms with Crippen LogP contribution in [0.5, 0.6) is 5.75 Å². The zero-order valence-electron chi connectivity index (χ0n) is 17.6. The molecule has 0 atom stereocenters. The smallest absolute Gasteiger partial charge is 0.259 e. The van der Waals surface area contributed by atoms with Gasteiger partial charge in [0.2, 0.25) is 0 Å². The van der Waals surface area contributed by atoms with Gasteiger partial charge >= 0.3 is 0 Å². The quantitative estimate of drug-likeness (QED) is 0.449. The number of benzene rings is 2. The Morgan fingerprint density at radius 2 is 1.87 bits per heavy atom. The van der Waals surface area contributed by atoms with E-state index in [-0.39, 0.29) is 24.8 Å². The first kappa shape index (κ1) is 20.5. The lowest BCUT2D eigenvalue weighted by molar-refractivity contribution is 0.0774. The highest BCUT2D eigenvalue weighted by Gasteiger charge is 2.22. The van der Waals surface area contributed by atoms with E-state index >= 15 is 0 Å². The Morgan fingerprint density at radius 1 is 1.13 bits per heavy atom. The minimum Gasteiger partial charge on any atom is -0.489 e. The molecule has 2 aromatic carbocycles. The third-order valence-electron chi connectivity index (χ3n) is 5.06. The number of pyridine rings is 1. The fourth-order valence-electron chi connectivity index (χ4n) is 3.30. The van der Waals surface area contributed by atoms with Crippen molar-refractivity contribution in [3.05, 3.63) is 77.2 Å². The van der Waals surface area contributed by atoms with Gasteiger partial charge in [-0.2, -0.15) is 0 Å². The summed E-state index contributed by atoms with van der Waals surface area (Å²) < 4.78 is 24.6. The molecule has 0 bridgehead atoms. The standard InChI is InChI=1S/C24H22FN3O3/c1-15-8-10-17(11-9-15)20-14-18(22-16(2)27-31-23(22)26-20)24(29)28(3)12-13-30-21-7-5-4-6-19(21)25/h4-11,14H,12-13H2,1-3H3. The predicted octanol–water partition coefficient (Wildman–Crippen LogP) is 4.80. The second-order valence-corrected chi connectivity index (χ2v) is 7.37. The monoisotopic (exact) mass is 419 g/mol. The van der Waals surface area contributed by atoms with Crippen molar-refractivity contribution in [1.29, 1.82) is 0 Å². The van der Waals surface area contributed by atoms with Crippen LogP contribution in [-0.2, 0) is 0 Å². The summed E-state index contributed by atoms with van der Waals surface area (Å²) in [5.74, 6) is -0.495. The van der Waals surface area contributed by atoms with Crippen LogP contribution in [0.15, 0.2) is 59.1 Å². The van der Waals surface area contributed by atoms with E-state index in [1.54, 1.807) is 38.2 Å². The Kier molecular flexibility index (Phi) is 5.66. The number of para-hydroxylation sites is 1. The number of rotatable bonds is 6. The van der Waals surface area contributed by atoms with Gasteiger partial charge in [0.25, 0.3) is 11.6 Å². The molecule has 4 aromatic rings. The van der Waals surface area contributed by atoms with Crippen LogP contribution in [-0.4, -0.2) is 41.1 Å². The van der Waals surface area contributed by atoms with Gasteiger partial charge in [0.15, 0.2) is 11.6 Å². The molecular formula is C24H22FN3O3. The number of amides is 1. The number of ether oxygens (including phenoxy) is 1. The van der Waals surface area contributed by atoms with Crippen LogP contribution in [0.1, 0.15) is 21.6 Å². The molecule has 7 heteroatoms. The molecule has 0 spiro atoms. The summed E-state index contributed by atoms with van der Waals surface area (Å²) in [7, 11) is 1.67. The number of hydrogen-bond donors (Lipinski definition) is 0. The van der Waals surface area contributed by atoms with Crippen LogP contribution in [0.3, 0.4) is 0 Å². The maximum absolute atomic E-state index is 13.7. The van der Waals surface area contributed by atoms with Crippen LogP contribution >= 0.6 is 0 Å². The van der Waals surface area contributed by atoms with E-state index in [0.717, 1.165) is 11.1 Å². The lowest BCUT2D eigenvalue weighted by atomic mass is 10.0. The summed E-state index contributed by atoms with van der Waals surface area (Å²) in [6, 6.07) is 15.8. The molecule has 0 radical (unpaired) electrons. The maximum Gasteiger partial charge on any atom is 0.259 e. The van der Waals surface area contributed by atoms with Gasteiger partial charge in [-0.1, -0.05) is 47.1 Å². The molecule has 0 aliphatic heterocycles. The van der Waals surface area contributed by atoms with Crippen molar-refractivity contribution in [2.75, 3.05) is 20.2 Å². The topological polar surface area (TPSA) is 68.5 Å². The molecule has 6 nitrogen and oxygen atoms in total. The number of carbonyl (C=O) groups excluding carboxylic acids is 1. The molecule has 0 N–H and O–H groups in total. The molecule has 1 amide bonds. The highest BCUT2D eigenvalue weighted by molar-refractivity contribution is 6.06. The average molecular weight is 419 g/mol. The molecule has 2 aromatic heterocycles. The van der Waals surface area contributed by atoms with Crippen LogP contribution in [0.2, 0.25) is 0 Å². The van der Waals surface area contributed by atoms with Gasteiger partial charge in [0.05, 0.1) is 28.9 Å². The fraction of sp³-hybridized carbons (Fsp3) is 0.208. The van der Waals surface area contributed by atoms with Crippen molar-refractivity contribution in [2.24, 2.45) is 0 Å². The third kappa shape index (κ3) is 4.26. The molecule has 0 aliphatic rings. The molecule has 31 heavy (non-hydrogen) atoms. The number of nitrogens with zero attached hydrogens (tertiary/aromatic N) is 3. The van der Waals surface area contributed by atoms with Gasteiger partial charge in [-0.05, 0) is 32.0 Å². The van der Waals surface area contributed by atoms with Crippen molar-refractivity contribution >= 4 is 17.0 Å². The van der Waals surface area contributed by atoms with Gasteiger partial charge in [0.1, 0.15) is 6.61 Å². The molecule has 2 heterocycles. The van der Waals surface area contributed by atoms with E-state index in [0.29, 0.717) is 28.1 Å². The second-order valence-electron chi connectivity index (χ2n) is 7.37. The van der Waals surface area contributed by atoms with Gasteiger partial charge in [-0.3, -0.25) is 4.79 Å². The Balaban J connectivity index is 1.59. The first-order chi connectivity index (χ1) is 14.9. The van der Waals surface area contributed by atoms with Crippen molar-refractivity contribution < 1.29 is 18.4 Å². The number of fused-ring (bicyclic) bond motifs is 1. The molecule has 4 rings (SSSR count). The molecular weight excluding hydrogens is 397 g/mol. The third-order valence-corrected chi connectivity index (χ3v) is 5.06. The molecule has 158 valence electrons. The molecule has 0 saturated heterocycles. The van der Waals surface area contributed by atoms with E-state index in [2.05, 4.69) is 10.1 Å². The first-order valence-corrected chi connectivity index (χ1v) is 9.91. The maximum atomic E-state index is 13.7. The van der Waals surface area contributed by atoms with Gasteiger partial charge in [-0.25, -0.2) is 9.37 Å². The van der Waals surface area contributed by atoms with E-state index in [9.17, 15) is 9.18 Å². The summed E-state index contributed by atoms with van der Waals surface area (Å²) >= 11 is 0. The Hall–Kier alpha value is -3.74. The largest absolute Gasteiger partial charge is 0.489 e. The number of aromatic nitrogens is 2. The summed E-state index contributed by atoms with van der Waals surface area (Å²) in [5, 5.41) is 4.57. The molecule has 0 unspecified atom stereocenters. The Morgan fingerprint density at radius 3 is 2.61 bits per heavy atom. The van der Waals surface area contributed by atoms with Gasteiger partial charge in [0, 0.05) is 12.6 Å². The number of halogens is 1. The zero-order chi connectivity index (χ0) is 22.0. The molecule has 0 fully saturated rings. The number of likely N-dealkylation sites (N-methyl/N-ethyl adjacent to an activating group) is 1. The summed E-state index contributed by atoms with van der Waals surface area (Å²) in [5.41, 5.74) is 4.00. The van der Waals surface area contributed by atoms with Crippen LogP contribution < -0.4 is 4.74 Å². The Bertz CT molecular complexity index is 1230. The van der Waals surface area contributed by atoms with Crippen molar-refractivity contribution in [1.82, 2.24) is 15.0 Å². The summed E-state index contributed by atoms with van der Waals surface area (Å²) in [6.07, 6.45) is 0. The first-order valence-electron chi connectivity index (χ1n) is 9.91. The van der Waals surface area contributed by atoms with Crippen molar-refractivity contribution in [3.8, 4) is 17.0 Å². The minimum absolute atomic E-state index is 0.158. The van der Waals surface area contributed by atoms with E-state index in [1.165, 1.54) is 11.0 Å². The van der Waals surface area contributed by atoms with Crippen LogP contribution in [0.4, 0.5) is 4.39 Å². The van der Waals surface area contributed by atoms with Crippen molar-refractivity contribution in [3.63, 3.8) is 0 Å². The number of carbonyl (C=O) groups is 1. The van der Waals surface area contributed by atoms with Crippen LogP contribution in [0, 0.1) is 19.7 Å². The SMILES string of the molecule is Cc1ccc(-c2cc(C(=O)N(C)CCOc3ccccc3F)c3c(C)noc3n2)cc1. The summed E-state index contributed by atoms with van der Waals surface area (Å²) in [4.78, 5) is 19.3. The second kappa shape index (κ2) is 8.55. The number of hydrogen-bond acceptors (Lipinski definition) is 5. The predicted molar refractivity (Wildman–Crippen MR) is 116 cm³/mol. The number of aryl methyl sites for hydroxylation is 2.